The summed E-state index contributed by atoms with van der Waals surface area (Å²) in [6.07, 6.45) is 0. The van der Waals surface area contributed by atoms with Gasteiger partial charge in [-0.15, -0.1) is 0 Å². The molecule has 0 aliphatic carbocycles. The summed E-state index contributed by atoms with van der Waals surface area (Å²) in [4.78, 5) is 7.54. The second kappa shape index (κ2) is 5.23. The number of nitrogens with two attached hydrogens (primary N) is 1. The first kappa shape index (κ1) is 13.1. The summed E-state index contributed by atoms with van der Waals surface area (Å²) in [5.74, 6) is 1.39. The van der Waals surface area contributed by atoms with Crippen molar-refractivity contribution in [2.45, 2.75) is 6.61 Å². The lowest BCUT2D eigenvalue weighted by Crippen LogP contribution is -1.97. The van der Waals surface area contributed by atoms with Gasteiger partial charge >= 0.3 is 0 Å². The summed E-state index contributed by atoms with van der Waals surface area (Å²) >= 11 is 11.9. The summed E-state index contributed by atoms with van der Waals surface area (Å²) < 4.78 is 5.62. The molecule has 0 aliphatic rings. The number of fused-ring (bicyclic) bond motifs is 1. The van der Waals surface area contributed by atoms with Gasteiger partial charge in [0.15, 0.2) is 0 Å². The molecular formula is C14H11Cl2N3O. The maximum Gasteiger partial charge on any atom is 0.146 e. The van der Waals surface area contributed by atoms with E-state index < -0.39 is 0 Å². The van der Waals surface area contributed by atoms with Gasteiger partial charge in [0.05, 0.1) is 21.1 Å². The van der Waals surface area contributed by atoms with E-state index in [1.54, 1.807) is 24.3 Å². The van der Waals surface area contributed by atoms with E-state index in [1.165, 1.54) is 0 Å². The maximum absolute atomic E-state index is 5.96. The first-order valence-corrected chi connectivity index (χ1v) is 6.69. The summed E-state index contributed by atoms with van der Waals surface area (Å²) in [5.41, 5.74) is 7.93. The molecule has 3 N–H and O–H groups in total. The van der Waals surface area contributed by atoms with Crippen molar-refractivity contribution in [2.75, 3.05) is 5.73 Å². The number of halogens is 2. The van der Waals surface area contributed by atoms with Crippen molar-refractivity contribution in [1.29, 1.82) is 0 Å². The van der Waals surface area contributed by atoms with Crippen LogP contribution in [0, 0.1) is 0 Å². The van der Waals surface area contributed by atoms with Crippen molar-refractivity contribution in [3.63, 3.8) is 0 Å². The van der Waals surface area contributed by atoms with E-state index in [2.05, 4.69) is 9.97 Å². The van der Waals surface area contributed by atoms with Crippen molar-refractivity contribution < 1.29 is 4.74 Å². The Labute approximate surface area is 125 Å². The number of aromatic nitrogens is 2. The molecule has 0 fully saturated rings. The number of nitrogens with one attached hydrogen (secondary N) is 1. The number of ether oxygens (including phenoxy) is 1. The largest absolute Gasteiger partial charge is 0.486 e. The Kier molecular flexibility index (Phi) is 3.42. The third-order valence-electron chi connectivity index (χ3n) is 2.81. The van der Waals surface area contributed by atoms with Gasteiger partial charge in [0.1, 0.15) is 18.2 Å². The zero-order chi connectivity index (χ0) is 14.1. The van der Waals surface area contributed by atoms with Crippen LogP contribution in [0.4, 0.5) is 5.69 Å². The maximum atomic E-state index is 5.96. The van der Waals surface area contributed by atoms with Crippen LogP contribution in [0.2, 0.25) is 10.0 Å². The molecule has 0 atom stereocenters. The Morgan fingerprint density at radius 3 is 2.75 bits per heavy atom. The average molecular weight is 308 g/mol. The molecule has 6 heteroatoms. The quantitative estimate of drug-likeness (QED) is 0.718. The van der Waals surface area contributed by atoms with Gasteiger partial charge in [0, 0.05) is 11.8 Å². The van der Waals surface area contributed by atoms with Crippen LogP contribution in [0.3, 0.4) is 0 Å². The standard InChI is InChI=1S/C14H11Cl2N3O/c15-10-5-12-13(6-11(10)16)19-14(18-12)7-20-9-3-1-2-8(17)4-9/h1-6H,7,17H2,(H,18,19). The number of hydrogen-bond acceptors (Lipinski definition) is 3. The van der Waals surface area contributed by atoms with Gasteiger partial charge in [-0.05, 0) is 24.3 Å². The Morgan fingerprint density at radius 1 is 1.15 bits per heavy atom. The lowest BCUT2D eigenvalue weighted by molar-refractivity contribution is 0.297. The monoisotopic (exact) mass is 307 g/mol. The van der Waals surface area contributed by atoms with E-state index in [4.69, 9.17) is 33.7 Å². The number of nitrogens with zero attached hydrogens (tertiary/aromatic N) is 1. The summed E-state index contributed by atoms with van der Waals surface area (Å²) in [7, 11) is 0. The fraction of sp³-hybridized carbons (Fsp3) is 0.0714. The van der Waals surface area contributed by atoms with E-state index >= 15 is 0 Å². The van der Waals surface area contributed by atoms with Crippen molar-refractivity contribution >= 4 is 39.9 Å². The molecule has 1 aromatic heterocycles. The molecule has 3 aromatic rings. The number of aromatic amines is 1. The lowest BCUT2D eigenvalue weighted by atomic mass is 10.3. The molecule has 0 spiro atoms. The highest BCUT2D eigenvalue weighted by atomic mass is 35.5. The predicted octanol–water partition coefficient (Wildman–Crippen LogP) is 4.03. The van der Waals surface area contributed by atoms with Crippen LogP contribution in [-0.2, 0) is 6.61 Å². The molecule has 0 aliphatic heterocycles. The molecule has 0 unspecified atom stereocenters. The Bertz CT molecular complexity index is 731. The number of benzene rings is 2. The molecule has 0 amide bonds. The topological polar surface area (TPSA) is 63.9 Å². The fourth-order valence-electron chi connectivity index (χ4n) is 1.88. The van der Waals surface area contributed by atoms with Crippen LogP contribution in [0.5, 0.6) is 5.75 Å². The van der Waals surface area contributed by atoms with Crippen LogP contribution in [0.15, 0.2) is 36.4 Å². The highest BCUT2D eigenvalue weighted by molar-refractivity contribution is 6.42. The zero-order valence-electron chi connectivity index (χ0n) is 10.4. The summed E-state index contributed by atoms with van der Waals surface area (Å²) in [6.45, 7) is 0.313. The molecular weight excluding hydrogens is 297 g/mol. The molecule has 0 radical (unpaired) electrons. The van der Waals surface area contributed by atoms with Gasteiger partial charge in [-0.2, -0.15) is 0 Å². The minimum absolute atomic E-state index is 0.313. The van der Waals surface area contributed by atoms with Crippen LogP contribution in [0.25, 0.3) is 11.0 Å². The van der Waals surface area contributed by atoms with E-state index in [1.807, 2.05) is 12.1 Å². The van der Waals surface area contributed by atoms with E-state index in [-0.39, 0.29) is 0 Å². The molecule has 0 saturated heterocycles. The number of imidazole rings is 1. The number of nitrogen functional groups attached to an aromatic ring is 1. The molecule has 0 saturated carbocycles. The Balaban J connectivity index is 1.81. The molecule has 102 valence electrons. The predicted molar refractivity (Wildman–Crippen MR) is 81.3 cm³/mol. The smallest absolute Gasteiger partial charge is 0.146 e. The van der Waals surface area contributed by atoms with Gasteiger partial charge in [0.2, 0.25) is 0 Å². The SMILES string of the molecule is Nc1cccc(OCc2nc3cc(Cl)c(Cl)cc3[nH]2)c1. The highest BCUT2D eigenvalue weighted by Gasteiger charge is 2.07. The van der Waals surface area contributed by atoms with Gasteiger partial charge in [-0.3, -0.25) is 0 Å². The molecule has 1 heterocycles. The average Bonchev–Trinajstić information content (AvgIpc) is 2.79. The Morgan fingerprint density at radius 2 is 1.95 bits per heavy atom. The van der Waals surface area contributed by atoms with Crippen molar-refractivity contribution in [3.05, 3.63) is 52.3 Å². The lowest BCUT2D eigenvalue weighted by Gasteiger charge is -2.04. The third kappa shape index (κ3) is 2.66. The van der Waals surface area contributed by atoms with Gasteiger partial charge in [0.25, 0.3) is 0 Å². The van der Waals surface area contributed by atoms with Crippen molar-refractivity contribution in [3.8, 4) is 5.75 Å². The van der Waals surface area contributed by atoms with Gasteiger partial charge in [-0.25, -0.2) is 4.98 Å². The van der Waals surface area contributed by atoms with E-state index in [9.17, 15) is 0 Å². The van der Waals surface area contributed by atoms with Crippen LogP contribution in [-0.4, -0.2) is 9.97 Å². The third-order valence-corrected chi connectivity index (χ3v) is 3.53. The number of anilines is 1. The molecule has 3 rings (SSSR count). The van der Waals surface area contributed by atoms with Crippen LogP contribution in [0.1, 0.15) is 5.82 Å². The first-order chi connectivity index (χ1) is 9.61. The fourth-order valence-corrected chi connectivity index (χ4v) is 2.20. The minimum atomic E-state index is 0.313. The van der Waals surface area contributed by atoms with Gasteiger partial charge in [-0.1, -0.05) is 29.3 Å². The molecule has 20 heavy (non-hydrogen) atoms. The normalized spacial score (nSPS) is 10.9. The van der Waals surface area contributed by atoms with E-state index in [0.29, 0.717) is 33.9 Å². The van der Waals surface area contributed by atoms with E-state index in [0.717, 1.165) is 11.0 Å². The summed E-state index contributed by atoms with van der Waals surface area (Å²) in [5, 5.41) is 0.972. The zero-order valence-corrected chi connectivity index (χ0v) is 11.9. The van der Waals surface area contributed by atoms with Crippen LogP contribution >= 0.6 is 23.2 Å². The van der Waals surface area contributed by atoms with Crippen molar-refractivity contribution in [1.82, 2.24) is 9.97 Å². The number of H-pyrrole nitrogens is 1. The minimum Gasteiger partial charge on any atom is -0.486 e. The molecule has 4 nitrogen and oxygen atoms in total. The van der Waals surface area contributed by atoms with Crippen LogP contribution < -0.4 is 10.5 Å². The first-order valence-electron chi connectivity index (χ1n) is 5.94. The number of rotatable bonds is 3. The number of hydrogen-bond donors (Lipinski definition) is 2. The second-order valence-corrected chi connectivity index (χ2v) is 5.14. The highest BCUT2D eigenvalue weighted by Crippen LogP contribution is 2.26. The molecule has 0 bridgehead atoms. The van der Waals surface area contributed by atoms with Gasteiger partial charge < -0.3 is 15.5 Å². The second-order valence-electron chi connectivity index (χ2n) is 4.33. The molecule has 2 aromatic carbocycles. The summed E-state index contributed by atoms with van der Waals surface area (Å²) in [6, 6.07) is 10.7. The van der Waals surface area contributed by atoms with Crippen molar-refractivity contribution in [2.24, 2.45) is 0 Å². The Hall–Kier alpha value is -1.91.